The maximum absolute atomic E-state index is 12.8. The number of nitrogens with one attached hydrogen (secondary N) is 2. The number of rotatable bonds is 7. The standard InChI is InChI=1S/C18H22N2O3S2/c1-4-16(14-8-6-5-7-9-14)20-25(22,23)15-10-11-18(24-3)17(12-15)19-13(2)21/h5-12,16,20H,4H2,1-3H3,(H,19,21)/t16-/m1/s1. The van der Waals surface area contributed by atoms with Crippen molar-refractivity contribution in [2.45, 2.75) is 36.1 Å². The van der Waals surface area contributed by atoms with Crippen LogP contribution in [0, 0.1) is 0 Å². The molecular weight excluding hydrogens is 356 g/mol. The molecule has 2 N–H and O–H groups in total. The van der Waals surface area contributed by atoms with Crippen LogP contribution in [0.3, 0.4) is 0 Å². The van der Waals surface area contributed by atoms with Crippen LogP contribution in [0.5, 0.6) is 0 Å². The number of amides is 1. The van der Waals surface area contributed by atoms with Gasteiger partial charge >= 0.3 is 0 Å². The largest absolute Gasteiger partial charge is 0.325 e. The highest BCUT2D eigenvalue weighted by Crippen LogP contribution is 2.29. The third kappa shape index (κ3) is 5.07. The Balaban J connectivity index is 2.34. The van der Waals surface area contributed by atoms with Gasteiger partial charge in [0.1, 0.15) is 0 Å². The normalized spacial score (nSPS) is 12.6. The van der Waals surface area contributed by atoms with Crippen molar-refractivity contribution in [2.24, 2.45) is 0 Å². The van der Waals surface area contributed by atoms with Gasteiger partial charge in [0, 0.05) is 17.9 Å². The molecule has 0 aliphatic carbocycles. The second-order valence-electron chi connectivity index (χ2n) is 5.54. The van der Waals surface area contributed by atoms with Gasteiger partial charge in [-0.25, -0.2) is 13.1 Å². The van der Waals surface area contributed by atoms with Crippen LogP contribution < -0.4 is 10.0 Å². The number of benzene rings is 2. The van der Waals surface area contributed by atoms with Crippen LogP contribution in [0.4, 0.5) is 5.69 Å². The lowest BCUT2D eigenvalue weighted by molar-refractivity contribution is -0.114. The van der Waals surface area contributed by atoms with E-state index >= 15 is 0 Å². The van der Waals surface area contributed by atoms with Crippen LogP contribution in [-0.4, -0.2) is 20.6 Å². The minimum absolute atomic E-state index is 0.128. The first-order valence-corrected chi connectivity index (χ1v) is 10.6. The molecule has 0 saturated carbocycles. The van der Waals surface area contributed by atoms with E-state index in [2.05, 4.69) is 10.0 Å². The smallest absolute Gasteiger partial charge is 0.241 e. The Morgan fingerprint density at radius 3 is 2.40 bits per heavy atom. The number of carbonyl (C=O) groups excluding carboxylic acids is 1. The summed E-state index contributed by atoms with van der Waals surface area (Å²) >= 11 is 1.44. The van der Waals surface area contributed by atoms with Crippen LogP contribution in [0.15, 0.2) is 58.3 Å². The Hall–Kier alpha value is -1.83. The number of thioether (sulfide) groups is 1. The van der Waals surface area contributed by atoms with E-state index < -0.39 is 10.0 Å². The summed E-state index contributed by atoms with van der Waals surface area (Å²) in [6.45, 7) is 3.33. The highest BCUT2D eigenvalue weighted by Gasteiger charge is 2.21. The summed E-state index contributed by atoms with van der Waals surface area (Å²) in [6, 6.07) is 13.9. The molecule has 0 heterocycles. The minimum atomic E-state index is -3.71. The van der Waals surface area contributed by atoms with Gasteiger partial charge in [-0.1, -0.05) is 37.3 Å². The molecule has 134 valence electrons. The molecule has 0 saturated heterocycles. The Bertz CT molecular complexity index is 837. The van der Waals surface area contributed by atoms with Crippen LogP contribution in [0.25, 0.3) is 0 Å². The molecular formula is C18H22N2O3S2. The zero-order valence-electron chi connectivity index (χ0n) is 14.4. The molecule has 25 heavy (non-hydrogen) atoms. The van der Waals surface area contributed by atoms with Crippen LogP contribution in [0.2, 0.25) is 0 Å². The number of sulfonamides is 1. The fourth-order valence-electron chi connectivity index (χ4n) is 2.47. The molecule has 5 nitrogen and oxygen atoms in total. The van der Waals surface area contributed by atoms with Gasteiger partial charge in [0.15, 0.2) is 0 Å². The first kappa shape index (κ1) is 19.5. The van der Waals surface area contributed by atoms with E-state index in [4.69, 9.17) is 0 Å². The average Bonchev–Trinajstić information content (AvgIpc) is 2.60. The van der Waals surface area contributed by atoms with Crippen molar-refractivity contribution >= 4 is 33.4 Å². The molecule has 0 radical (unpaired) electrons. The number of hydrogen-bond donors (Lipinski definition) is 2. The van der Waals surface area contributed by atoms with E-state index in [-0.39, 0.29) is 16.8 Å². The molecule has 0 spiro atoms. The molecule has 0 bridgehead atoms. The maximum Gasteiger partial charge on any atom is 0.241 e. The average molecular weight is 379 g/mol. The molecule has 2 aromatic carbocycles. The van der Waals surface area contributed by atoms with Crippen molar-refractivity contribution in [3.8, 4) is 0 Å². The highest BCUT2D eigenvalue weighted by molar-refractivity contribution is 7.98. The molecule has 0 unspecified atom stereocenters. The van der Waals surface area contributed by atoms with E-state index in [1.165, 1.54) is 24.8 Å². The maximum atomic E-state index is 12.8. The van der Waals surface area contributed by atoms with Crippen molar-refractivity contribution in [1.82, 2.24) is 4.72 Å². The number of anilines is 1. The fraction of sp³-hybridized carbons (Fsp3) is 0.278. The zero-order valence-corrected chi connectivity index (χ0v) is 16.1. The van der Waals surface area contributed by atoms with Gasteiger partial charge < -0.3 is 5.32 Å². The minimum Gasteiger partial charge on any atom is -0.325 e. The summed E-state index contributed by atoms with van der Waals surface area (Å²) in [4.78, 5) is 12.3. The van der Waals surface area contributed by atoms with Crippen LogP contribution in [0.1, 0.15) is 31.9 Å². The van der Waals surface area contributed by atoms with Gasteiger partial charge in [-0.2, -0.15) is 0 Å². The highest BCUT2D eigenvalue weighted by atomic mass is 32.2. The monoisotopic (exact) mass is 378 g/mol. The number of hydrogen-bond acceptors (Lipinski definition) is 4. The molecule has 1 amide bonds. The Labute approximate surface area is 153 Å². The SMILES string of the molecule is CC[C@@H](NS(=O)(=O)c1ccc(SC)c(NC(C)=O)c1)c1ccccc1. The Morgan fingerprint density at radius 1 is 1.16 bits per heavy atom. The molecule has 0 aliphatic heterocycles. The summed E-state index contributed by atoms with van der Waals surface area (Å²) in [6.07, 6.45) is 2.50. The first-order chi connectivity index (χ1) is 11.9. The molecule has 2 rings (SSSR count). The van der Waals surface area contributed by atoms with Crippen LogP contribution >= 0.6 is 11.8 Å². The lowest BCUT2D eigenvalue weighted by Crippen LogP contribution is -2.28. The Kier molecular flexibility index (Phi) is 6.64. The lowest BCUT2D eigenvalue weighted by Gasteiger charge is -2.18. The summed E-state index contributed by atoms with van der Waals surface area (Å²) in [5.74, 6) is -0.242. The van der Waals surface area contributed by atoms with E-state index in [1.54, 1.807) is 12.1 Å². The fourth-order valence-corrected chi connectivity index (χ4v) is 4.34. The third-order valence-corrected chi connectivity index (χ3v) is 5.96. The van der Waals surface area contributed by atoms with Crippen molar-refractivity contribution in [1.29, 1.82) is 0 Å². The van der Waals surface area contributed by atoms with Gasteiger partial charge in [0.2, 0.25) is 15.9 Å². The van der Waals surface area contributed by atoms with Gasteiger partial charge in [-0.15, -0.1) is 11.8 Å². The van der Waals surface area contributed by atoms with E-state index in [0.29, 0.717) is 12.1 Å². The molecule has 1 atom stereocenters. The van der Waals surface area contributed by atoms with E-state index in [1.807, 2.05) is 43.5 Å². The van der Waals surface area contributed by atoms with Gasteiger partial charge in [0.25, 0.3) is 0 Å². The zero-order chi connectivity index (χ0) is 18.4. The quantitative estimate of drug-likeness (QED) is 0.719. The third-order valence-electron chi connectivity index (χ3n) is 3.70. The predicted molar refractivity (Wildman–Crippen MR) is 102 cm³/mol. The molecule has 7 heteroatoms. The predicted octanol–water partition coefficient (Wildman–Crippen LogP) is 3.80. The van der Waals surface area contributed by atoms with Crippen LogP contribution in [-0.2, 0) is 14.8 Å². The van der Waals surface area contributed by atoms with Gasteiger partial charge in [0.05, 0.1) is 10.6 Å². The summed E-state index contributed by atoms with van der Waals surface area (Å²) in [5, 5.41) is 2.68. The van der Waals surface area contributed by atoms with Crippen molar-refractivity contribution in [3.05, 3.63) is 54.1 Å². The lowest BCUT2D eigenvalue weighted by atomic mass is 10.1. The molecule has 0 aromatic heterocycles. The van der Waals surface area contributed by atoms with Crippen molar-refractivity contribution in [3.63, 3.8) is 0 Å². The molecule has 2 aromatic rings. The van der Waals surface area contributed by atoms with Crippen molar-refractivity contribution in [2.75, 3.05) is 11.6 Å². The first-order valence-electron chi connectivity index (χ1n) is 7.90. The van der Waals surface area contributed by atoms with E-state index in [0.717, 1.165) is 10.5 Å². The van der Waals surface area contributed by atoms with E-state index in [9.17, 15) is 13.2 Å². The summed E-state index contributed by atoms with van der Waals surface area (Å²) < 4.78 is 28.3. The molecule has 0 aliphatic rings. The molecule has 0 fully saturated rings. The van der Waals surface area contributed by atoms with Crippen molar-refractivity contribution < 1.29 is 13.2 Å². The number of carbonyl (C=O) groups is 1. The Morgan fingerprint density at radius 2 is 1.84 bits per heavy atom. The van der Waals surface area contributed by atoms with Gasteiger partial charge in [-0.3, -0.25) is 4.79 Å². The second kappa shape index (κ2) is 8.51. The summed E-state index contributed by atoms with van der Waals surface area (Å²) in [5.41, 5.74) is 1.41. The topological polar surface area (TPSA) is 75.3 Å². The van der Waals surface area contributed by atoms with Gasteiger partial charge in [-0.05, 0) is 36.4 Å². The second-order valence-corrected chi connectivity index (χ2v) is 8.10. The summed E-state index contributed by atoms with van der Waals surface area (Å²) in [7, 11) is -3.71.